The fourth-order valence-corrected chi connectivity index (χ4v) is 1.98. The number of hydrogen-bond donors (Lipinski definition) is 1. The number of rotatable bonds is 7. The van der Waals surface area contributed by atoms with E-state index in [4.69, 9.17) is 4.74 Å². The highest BCUT2D eigenvalue weighted by Crippen LogP contribution is 2.28. The number of aryl methyl sites for hydroxylation is 2. The third-order valence-electron chi connectivity index (χ3n) is 3.19. The van der Waals surface area contributed by atoms with E-state index in [1.165, 1.54) is 13.2 Å². The van der Waals surface area contributed by atoms with Crippen LogP contribution in [0.4, 0.5) is 5.69 Å². The van der Waals surface area contributed by atoms with Gasteiger partial charge in [-0.05, 0) is 32.5 Å². The second-order valence-corrected chi connectivity index (χ2v) is 4.66. The Morgan fingerprint density at radius 2 is 2.05 bits per heavy atom. The van der Waals surface area contributed by atoms with Crippen LogP contribution in [0.3, 0.4) is 0 Å². The van der Waals surface area contributed by atoms with Crippen LogP contribution < -0.4 is 10.1 Å². The Morgan fingerprint density at radius 1 is 1.38 bits per heavy atom. The van der Waals surface area contributed by atoms with Crippen LogP contribution in [0, 0.1) is 24.0 Å². The number of nitrogens with zero attached hydrogens (tertiary/aromatic N) is 1. The van der Waals surface area contributed by atoms with Crippen molar-refractivity contribution in [2.75, 3.05) is 20.8 Å². The number of likely N-dealkylation sites (N-methyl/N-ethyl adjacent to an activating group) is 1. The molecule has 0 radical (unpaired) electrons. The summed E-state index contributed by atoms with van der Waals surface area (Å²) in [5.74, 6) is 0.0831. The molecule has 0 aromatic heterocycles. The van der Waals surface area contributed by atoms with Crippen LogP contribution in [0.15, 0.2) is 12.1 Å². The maximum atomic E-state index is 11.4. The molecule has 0 aliphatic heterocycles. The van der Waals surface area contributed by atoms with E-state index < -0.39 is 11.0 Å². The van der Waals surface area contributed by atoms with Crippen LogP contribution in [-0.4, -0.2) is 37.7 Å². The minimum Gasteiger partial charge on any atom is -0.493 e. The van der Waals surface area contributed by atoms with Crippen molar-refractivity contribution in [1.82, 2.24) is 5.32 Å². The Labute approximate surface area is 123 Å². The Bertz CT molecular complexity index is 530. The van der Waals surface area contributed by atoms with Gasteiger partial charge in [0, 0.05) is 12.0 Å². The van der Waals surface area contributed by atoms with Crippen molar-refractivity contribution in [2.24, 2.45) is 0 Å². The number of esters is 1. The van der Waals surface area contributed by atoms with Gasteiger partial charge in [-0.25, -0.2) is 0 Å². The zero-order valence-corrected chi connectivity index (χ0v) is 12.6. The van der Waals surface area contributed by atoms with E-state index in [0.717, 1.165) is 5.56 Å². The SMILES string of the molecule is CNC(CCOc1cc([N+](=O)[O-])c(C)cc1C)C(=O)OC. The molecular weight excluding hydrogens is 276 g/mol. The summed E-state index contributed by atoms with van der Waals surface area (Å²) in [6.45, 7) is 3.76. The van der Waals surface area contributed by atoms with Crippen molar-refractivity contribution >= 4 is 11.7 Å². The summed E-state index contributed by atoms with van der Waals surface area (Å²) in [4.78, 5) is 21.9. The van der Waals surface area contributed by atoms with Crippen molar-refractivity contribution in [1.29, 1.82) is 0 Å². The number of carbonyl (C=O) groups excluding carboxylic acids is 1. The Kier molecular flexibility index (Phi) is 6.10. The third-order valence-corrected chi connectivity index (χ3v) is 3.19. The van der Waals surface area contributed by atoms with E-state index >= 15 is 0 Å². The summed E-state index contributed by atoms with van der Waals surface area (Å²) in [7, 11) is 2.98. The molecular formula is C14H20N2O5. The number of nitro benzene ring substituents is 1. The molecule has 0 bridgehead atoms. The molecule has 0 spiro atoms. The molecule has 1 aromatic carbocycles. The van der Waals surface area contributed by atoms with E-state index in [9.17, 15) is 14.9 Å². The topological polar surface area (TPSA) is 90.7 Å². The van der Waals surface area contributed by atoms with Crippen LogP contribution in [0.2, 0.25) is 0 Å². The first-order valence-corrected chi connectivity index (χ1v) is 6.54. The smallest absolute Gasteiger partial charge is 0.322 e. The summed E-state index contributed by atoms with van der Waals surface area (Å²) < 4.78 is 10.2. The molecule has 1 aromatic rings. The maximum Gasteiger partial charge on any atom is 0.322 e. The van der Waals surface area contributed by atoms with Crippen molar-refractivity contribution in [2.45, 2.75) is 26.3 Å². The molecule has 1 atom stereocenters. The molecule has 116 valence electrons. The van der Waals surface area contributed by atoms with Gasteiger partial charge in [-0.1, -0.05) is 0 Å². The van der Waals surface area contributed by atoms with Crippen molar-refractivity contribution in [3.8, 4) is 5.75 Å². The molecule has 0 heterocycles. The monoisotopic (exact) mass is 296 g/mol. The van der Waals surface area contributed by atoms with Gasteiger partial charge in [0.1, 0.15) is 11.8 Å². The van der Waals surface area contributed by atoms with E-state index in [0.29, 0.717) is 17.7 Å². The first-order valence-electron chi connectivity index (χ1n) is 6.54. The lowest BCUT2D eigenvalue weighted by Gasteiger charge is -2.15. The lowest BCUT2D eigenvalue weighted by atomic mass is 10.1. The quantitative estimate of drug-likeness (QED) is 0.468. The second-order valence-electron chi connectivity index (χ2n) is 4.66. The molecule has 1 N–H and O–H groups in total. The first kappa shape index (κ1) is 16.9. The minimum absolute atomic E-state index is 0.0220. The largest absolute Gasteiger partial charge is 0.493 e. The summed E-state index contributed by atoms with van der Waals surface area (Å²) >= 11 is 0. The van der Waals surface area contributed by atoms with Crippen LogP contribution in [-0.2, 0) is 9.53 Å². The predicted octanol–water partition coefficient (Wildman–Crippen LogP) is 1.74. The molecule has 0 saturated heterocycles. The molecule has 7 heteroatoms. The van der Waals surface area contributed by atoms with Crippen LogP contribution in [0.25, 0.3) is 0 Å². The predicted molar refractivity (Wildman–Crippen MR) is 77.5 cm³/mol. The van der Waals surface area contributed by atoms with Gasteiger partial charge in [0.2, 0.25) is 0 Å². The summed E-state index contributed by atoms with van der Waals surface area (Å²) in [5, 5.41) is 13.8. The van der Waals surface area contributed by atoms with Gasteiger partial charge < -0.3 is 14.8 Å². The number of nitro groups is 1. The number of carbonyl (C=O) groups is 1. The van der Waals surface area contributed by atoms with Crippen molar-refractivity contribution in [3.63, 3.8) is 0 Å². The van der Waals surface area contributed by atoms with Gasteiger partial charge in [0.05, 0.1) is 24.7 Å². The van der Waals surface area contributed by atoms with Crippen LogP contribution >= 0.6 is 0 Å². The molecule has 7 nitrogen and oxygen atoms in total. The summed E-state index contributed by atoms with van der Waals surface area (Å²) in [6, 6.07) is 2.66. The van der Waals surface area contributed by atoms with Crippen LogP contribution in [0.1, 0.15) is 17.5 Å². The van der Waals surface area contributed by atoms with Gasteiger partial charge >= 0.3 is 5.97 Å². The fraction of sp³-hybridized carbons (Fsp3) is 0.500. The van der Waals surface area contributed by atoms with Crippen LogP contribution in [0.5, 0.6) is 5.75 Å². The fourth-order valence-electron chi connectivity index (χ4n) is 1.98. The highest BCUT2D eigenvalue weighted by molar-refractivity contribution is 5.75. The molecule has 1 rings (SSSR count). The molecule has 21 heavy (non-hydrogen) atoms. The minimum atomic E-state index is -0.462. The molecule has 0 fully saturated rings. The van der Waals surface area contributed by atoms with Crippen molar-refractivity contribution in [3.05, 3.63) is 33.4 Å². The lowest BCUT2D eigenvalue weighted by Crippen LogP contribution is -2.36. The summed E-state index contributed by atoms with van der Waals surface area (Å²) in [6.07, 6.45) is 0.407. The molecule has 0 saturated carbocycles. The van der Waals surface area contributed by atoms with Gasteiger partial charge in [0.25, 0.3) is 5.69 Å². The highest BCUT2D eigenvalue weighted by atomic mass is 16.6. The van der Waals surface area contributed by atoms with Gasteiger partial charge in [-0.2, -0.15) is 0 Å². The number of nitrogens with one attached hydrogen (secondary N) is 1. The summed E-state index contributed by atoms with van der Waals surface area (Å²) in [5.41, 5.74) is 1.43. The number of benzene rings is 1. The average Bonchev–Trinajstić information content (AvgIpc) is 2.44. The Balaban J connectivity index is 2.73. The van der Waals surface area contributed by atoms with Gasteiger partial charge in [-0.3, -0.25) is 14.9 Å². The molecule has 0 aliphatic rings. The first-order chi connectivity index (χ1) is 9.90. The van der Waals surface area contributed by atoms with Gasteiger partial charge in [0.15, 0.2) is 0 Å². The molecule has 0 amide bonds. The molecule has 1 unspecified atom stereocenters. The van der Waals surface area contributed by atoms with E-state index in [-0.39, 0.29) is 18.3 Å². The van der Waals surface area contributed by atoms with E-state index in [1.807, 2.05) is 6.92 Å². The third kappa shape index (κ3) is 4.42. The standard InChI is InChI=1S/C14H20N2O5/c1-9-7-10(2)13(8-12(9)16(18)19)21-6-5-11(15-3)14(17)20-4/h7-8,11,15H,5-6H2,1-4H3. The van der Waals surface area contributed by atoms with Crippen molar-refractivity contribution < 1.29 is 19.2 Å². The van der Waals surface area contributed by atoms with E-state index in [2.05, 4.69) is 10.1 Å². The normalized spacial score (nSPS) is 11.8. The van der Waals surface area contributed by atoms with Gasteiger partial charge in [-0.15, -0.1) is 0 Å². The zero-order valence-electron chi connectivity index (χ0n) is 12.6. The highest BCUT2D eigenvalue weighted by Gasteiger charge is 2.18. The molecule has 0 aliphatic carbocycles. The number of methoxy groups -OCH3 is 1. The Morgan fingerprint density at radius 3 is 2.57 bits per heavy atom. The number of hydrogen-bond acceptors (Lipinski definition) is 6. The zero-order chi connectivity index (χ0) is 16.0. The Hall–Kier alpha value is -2.15. The maximum absolute atomic E-state index is 11.4. The second kappa shape index (κ2) is 7.58. The average molecular weight is 296 g/mol. The van der Waals surface area contributed by atoms with E-state index in [1.54, 1.807) is 20.0 Å². The lowest BCUT2D eigenvalue weighted by molar-refractivity contribution is -0.385. The number of ether oxygens (including phenoxy) is 2.